The van der Waals surface area contributed by atoms with Crippen molar-refractivity contribution in [3.63, 3.8) is 0 Å². The molecular weight excluding hydrogens is 423 g/mol. The highest BCUT2D eigenvalue weighted by Gasteiger charge is 2.27. The molecule has 0 N–H and O–H groups in total. The molecule has 0 aliphatic rings. The Bertz CT molecular complexity index is 1180. The van der Waals surface area contributed by atoms with Gasteiger partial charge in [-0.15, -0.1) is 10.2 Å². The monoisotopic (exact) mass is 446 g/mol. The van der Waals surface area contributed by atoms with Crippen LogP contribution in [0, 0.1) is 5.82 Å². The van der Waals surface area contributed by atoms with E-state index in [1.54, 1.807) is 31.1 Å². The van der Waals surface area contributed by atoms with E-state index in [2.05, 4.69) is 10.2 Å². The predicted molar refractivity (Wildman–Crippen MR) is 124 cm³/mol. The molecule has 0 fully saturated rings. The van der Waals surface area contributed by atoms with E-state index in [4.69, 9.17) is 0 Å². The quantitative estimate of drug-likeness (QED) is 0.378. The van der Waals surface area contributed by atoms with E-state index in [1.807, 2.05) is 65.2 Å². The summed E-state index contributed by atoms with van der Waals surface area (Å²) in [6.45, 7) is 0. The van der Waals surface area contributed by atoms with Gasteiger partial charge in [0.05, 0.1) is 0 Å². The third-order valence-electron chi connectivity index (χ3n) is 4.98. The minimum absolute atomic E-state index is 0.0422. The molecule has 4 rings (SSSR count). The van der Waals surface area contributed by atoms with E-state index in [9.17, 15) is 9.18 Å². The molecule has 4 aromatic rings. The lowest BCUT2D eigenvalue weighted by atomic mass is 10.1. The fourth-order valence-corrected chi connectivity index (χ4v) is 4.57. The molecular formula is C25H23FN4OS. The summed E-state index contributed by atoms with van der Waals surface area (Å²) >= 11 is 1.34. The van der Waals surface area contributed by atoms with Crippen LogP contribution in [0.15, 0.2) is 90.1 Å². The molecule has 1 amide bonds. The van der Waals surface area contributed by atoms with E-state index in [1.165, 1.54) is 23.9 Å². The van der Waals surface area contributed by atoms with Crippen molar-refractivity contribution in [2.24, 2.45) is 0 Å². The van der Waals surface area contributed by atoms with Crippen molar-refractivity contribution in [1.29, 1.82) is 0 Å². The Morgan fingerprint density at radius 2 is 1.56 bits per heavy atom. The van der Waals surface area contributed by atoms with E-state index < -0.39 is 5.25 Å². The molecule has 162 valence electrons. The summed E-state index contributed by atoms with van der Waals surface area (Å²) in [6.07, 6.45) is 0.559. The second-order valence-electron chi connectivity index (χ2n) is 7.51. The van der Waals surface area contributed by atoms with E-state index >= 15 is 0 Å². The summed E-state index contributed by atoms with van der Waals surface area (Å²) in [5, 5.41) is 8.95. The van der Waals surface area contributed by atoms with Gasteiger partial charge in [-0.3, -0.25) is 9.36 Å². The molecule has 0 spiro atoms. The number of rotatable bonds is 7. The van der Waals surface area contributed by atoms with Crippen LogP contribution in [0.3, 0.4) is 0 Å². The van der Waals surface area contributed by atoms with Gasteiger partial charge in [0.2, 0.25) is 5.91 Å². The smallest absolute Gasteiger partial charge is 0.240 e. The van der Waals surface area contributed by atoms with Crippen molar-refractivity contribution in [2.45, 2.75) is 16.8 Å². The van der Waals surface area contributed by atoms with Crippen molar-refractivity contribution in [3.05, 3.63) is 108 Å². The second kappa shape index (κ2) is 9.78. The van der Waals surface area contributed by atoms with Crippen molar-refractivity contribution >= 4 is 17.7 Å². The average molecular weight is 447 g/mol. The zero-order valence-electron chi connectivity index (χ0n) is 17.9. The van der Waals surface area contributed by atoms with Crippen LogP contribution in [0.5, 0.6) is 0 Å². The standard InChI is InChI=1S/C25H23FN4OS/c1-29(2)24(31)23(19-11-7-4-8-12-19)32-25-28-27-22(17-18-9-5-3-6-10-18)30(25)21-15-13-20(26)14-16-21/h3-16,23H,17H2,1-2H3/t23-/m0/s1. The van der Waals surface area contributed by atoms with Crippen LogP contribution in [-0.4, -0.2) is 39.7 Å². The Labute approximate surface area is 190 Å². The zero-order chi connectivity index (χ0) is 22.5. The van der Waals surface area contributed by atoms with E-state index in [0.717, 1.165) is 22.6 Å². The number of aromatic nitrogens is 3. The third-order valence-corrected chi connectivity index (χ3v) is 6.17. The number of halogens is 1. The van der Waals surface area contributed by atoms with Crippen LogP contribution < -0.4 is 0 Å². The Hall–Kier alpha value is -3.45. The van der Waals surface area contributed by atoms with Gasteiger partial charge in [-0.2, -0.15) is 0 Å². The fourth-order valence-electron chi connectivity index (χ4n) is 3.35. The first-order valence-electron chi connectivity index (χ1n) is 10.2. The summed E-state index contributed by atoms with van der Waals surface area (Å²) in [5.74, 6) is 0.361. The van der Waals surface area contributed by atoms with Crippen molar-refractivity contribution < 1.29 is 9.18 Å². The summed E-state index contributed by atoms with van der Waals surface area (Å²) in [4.78, 5) is 14.6. The molecule has 0 unspecified atom stereocenters. The molecule has 0 bridgehead atoms. The molecule has 0 radical (unpaired) electrons. The molecule has 5 nitrogen and oxygen atoms in total. The van der Waals surface area contributed by atoms with Crippen LogP contribution in [-0.2, 0) is 11.2 Å². The Balaban J connectivity index is 1.77. The maximum atomic E-state index is 13.6. The van der Waals surface area contributed by atoms with Crippen LogP contribution in [0.2, 0.25) is 0 Å². The molecule has 7 heteroatoms. The molecule has 0 aliphatic heterocycles. The molecule has 1 heterocycles. The minimum Gasteiger partial charge on any atom is -0.348 e. The molecule has 0 saturated heterocycles. The van der Waals surface area contributed by atoms with Gasteiger partial charge in [0.1, 0.15) is 16.9 Å². The highest BCUT2D eigenvalue weighted by Crippen LogP contribution is 2.37. The van der Waals surface area contributed by atoms with E-state index in [0.29, 0.717) is 11.6 Å². The SMILES string of the molecule is CN(C)C(=O)[C@@H](Sc1nnc(Cc2ccccc2)n1-c1ccc(F)cc1)c1ccccc1. The maximum Gasteiger partial charge on any atom is 0.240 e. The third kappa shape index (κ3) is 4.89. The van der Waals surface area contributed by atoms with Crippen LogP contribution in [0.1, 0.15) is 22.2 Å². The highest BCUT2D eigenvalue weighted by molar-refractivity contribution is 8.00. The Kier molecular flexibility index (Phi) is 6.66. The van der Waals surface area contributed by atoms with Gasteiger partial charge < -0.3 is 4.90 Å². The zero-order valence-corrected chi connectivity index (χ0v) is 18.7. The van der Waals surface area contributed by atoms with Crippen molar-refractivity contribution in [3.8, 4) is 5.69 Å². The van der Waals surface area contributed by atoms with Gasteiger partial charge in [-0.05, 0) is 35.4 Å². The second-order valence-corrected chi connectivity index (χ2v) is 8.59. The van der Waals surface area contributed by atoms with Gasteiger partial charge >= 0.3 is 0 Å². The van der Waals surface area contributed by atoms with E-state index in [-0.39, 0.29) is 11.7 Å². The Morgan fingerprint density at radius 3 is 2.19 bits per heavy atom. The molecule has 0 saturated carbocycles. The lowest BCUT2D eigenvalue weighted by molar-refractivity contribution is -0.128. The number of hydrogen-bond donors (Lipinski definition) is 0. The normalized spacial score (nSPS) is 11.8. The van der Waals surface area contributed by atoms with Crippen molar-refractivity contribution in [1.82, 2.24) is 19.7 Å². The number of amides is 1. The van der Waals surface area contributed by atoms with Gasteiger partial charge in [-0.1, -0.05) is 72.4 Å². The number of hydrogen-bond acceptors (Lipinski definition) is 4. The van der Waals surface area contributed by atoms with Crippen LogP contribution in [0.4, 0.5) is 4.39 Å². The molecule has 32 heavy (non-hydrogen) atoms. The lowest BCUT2D eigenvalue weighted by Gasteiger charge is -2.20. The average Bonchev–Trinajstić information content (AvgIpc) is 3.20. The maximum absolute atomic E-state index is 13.6. The first-order chi connectivity index (χ1) is 15.5. The van der Waals surface area contributed by atoms with Gasteiger partial charge in [0, 0.05) is 26.2 Å². The first-order valence-corrected chi connectivity index (χ1v) is 11.1. The number of benzene rings is 3. The summed E-state index contributed by atoms with van der Waals surface area (Å²) in [5.41, 5.74) is 2.71. The number of thioether (sulfide) groups is 1. The fraction of sp³-hybridized carbons (Fsp3) is 0.160. The topological polar surface area (TPSA) is 51.0 Å². The Morgan fingerprint density at radius 1 is 0.938 bits per heavy atom. The van der Waals surface area contributed by atoms with Crippen LogP contribution in [0.25, 0.3) is 5.69 Å². The molecule has 1 atom stereocenters. The number of carbonyl (C=O) groups is 1. The molecule has 3 aromatic carbocycles. The molecule has 1 aromatic heterocycles. The van der Waals surface area contributed by atoms with Gasteiger partial charge in [-0.25, -0.2) is 4.39 Å². The number of carbonyl (C=O) groups excluding carboxylic acids is 1. The first kappa shape index (κ1) is 21.8. The summed E-state index contributed by atoms with van der Waals surface area (Å²) in [7, 11) is 3.48. The number of nitrogens with zero attached hydrogens (tertiary/aromatic N) is 4. The lowest BCUT2D eigenvalue weighted by Crippen LogP contribution is -2.27. The minimum atomic E-state index is -0.487. The largest absolute Gasteiger partial charge is 0.348 e. The number of likely N-dealkylation sites (N-methyl/N-ethyl adjacent to an activating group) is 1. The summed E-state index contributed by atoms with van der Waals surface area (Å²) < 4.78 is 15.5. The highest BCUT2D eigenvalue weighted by atomic mass is 32.2. The van der Waals surface area contributed by atoms with Crippen molar-refractivity contribution in [2.75, 3.05) is 14.1 Å². The molecule has 0 aliphatic carbocycles. The summed E-state index contributed by atoms with van der Waals surface area (Å²) in [6, 6.07) is 25.8. The van der Waals surface area contributed by atoms with Crippen LogP contribution >= 0.6 is 11.8 Å². The van der Waals surface area contributed by atoms with Gasteiger partial charge in [0.25, 0.3) is 0 Å². The van der Waals surface area contributed by atoms with Gasteiger partial charge in [0.15, 0.2) is 5.16 Å². The predicted octanol–water partition coefficient (Wildman–Crippen LogP) is 4.92.